The van der Waals surface area contributed by atoms with Gasteiger partial charge in [-0.05, 0) is 50.1 Å². The van der Waals surface area contributed by atoms with E-state index in [0.717, 1.165) is 11.1 Å². The van der Waals surface area contributed by atoms with E-state index < -0.39 is 12.0 Å². The number of benzene rings is 2. The van der Waals surface area contributed by atoms with Crippen molar-refractivity contribution in [1.29, 1.82) is 0 Å². The number of thiazole rings is 1. The highest BCUT2D eigenvalue weighted by atomic mass is 32.1. The van der Waals surface area contributed by atoms with Crippen LogP contribution in [0.25, 0.3) is 6.08 Å². The molecule has 1 aromatic heterocycles. The molecule has 1 atom stereocenters. The average Bonchev–Trinajstić information content (AvgIpc) is 3.13. The van der Waals surface area contributed by atoms with E-state index in [0.29, 0.717) is 37.7 Å². The second-order valence-electron chi connectivity index (χ2n) is 7.83. The van der Waals surface area contributed by atoms with Gasteiger partial charge in [0.2, 0.25) is 0 Å². The van der Waals surface area contributed by atoms with Crippen LogP contribution < -0.4 is 24.4 Å². The summed E-state index contributed by atoms with van der Waals surface area (Å²) in [6.07, 6.45) is 1.85. The van der Waals surface area contributed by atoms with Crippen molar-refractivity contribution in [1.82, 2.24) is 4.57 Å². The molecule has 0 saturated carbocycles. The van der Waals surface area contributed by atoms with Crippen LogP contribution in [0, 0.1) is 6.92 Å². The molecule has 1 aliphatic rings. The lowest BCUT2D eigenvalue weighted by molar-refractivity contribution is -0.139. The van der Waals surface area contributed by atoms with Gasteiger partial charge in [0.25, 0.3) is 5.56 Å². The second kappa shape index (κ2) is 9.69. The zero-order valence-electron chi connectivity index (χ0n) is 19.7. The number of aromatic nitrogens is 1. The minimum Gasteiger partial charge on any atom is -0.493 e. The molecule has 0 spiro atoms. The van der Waals surface area contributed by atoms with Crippen molar-refractivity contribution < 1.29 is 19.0 Å². The van der Waals surface area contributed by atoms with Crippen molar-refractivity contribution in [3.05, 3.63) is 90.1 Å². The summed E-state index contributed by atoms with van der Waals surface area (Å²) in [5.41, 5.74) is 3.36. The molecule has 3 aromatic rings. The molecule has 1 unspecified atom stereocenters. The summed E-state index contributed by atoms with van der Waals surface area (Å²) in [6, 6.07) is 12.6. The standard InChI is InChI=1S/C26H26N2O5S/c1-6-33-25(30)22-16(3)27-26-28(23(22)18-11-12-19(31-4)20(14-18)32-5)24(29)21(34-26)13-17-9-7-15(2)8-10-17/h7-14,23H,6H2,1-5H3/b21-13+. The molecule has 0 amide bonds. The average molecular weight is 479 g/mol. The van der Waals surface area contributed by atoms with E-state index in [1.807, 2.05) is 43.3 Å². The number of hydrogen-bond donors (Lipinski definition) is 0. The first-order valence-corrected chi connectivity index (χ1v) is 11.7. The lowest BCUT2D eigenvalue weighted by Crippen LogP contribution is -2.39. The number of aryl methyl sites for hydroxylation is 1. The molecule has 0 fully saturated rings. The number of carbonyl (C=O) groups is 1. The summed E-state index contributed by atoms with van der Waals surface area (Å²) in [7, 11) is 3.10. The minimum atomic E-state index is -0.713. The highest BCUT2D eigenvalue weighted by Gasteiger charge is 2.33. The maximum atomic E-state index is 13.6. The van der Waals surface area contributed by atoms with Gasteiger partial charge in [0, 0.05) is 0 Å². The summed E-state index contributed by atoms with van der Waals surface area (Å²) < 4.78 is 18.3. The maximum absolute atomic E-state index is 13.6. The molecule has 0 saturated heterocycles. The van der Waals surface area contributed by atoms with Gasteiger partial charge in [0.1, 0.15) is 0 Å². The van der Waals surface area contributed by atoms with Crippen molar-refractivity contribution in [2.24, 2.45) is 4.99 Å². The third-order valence-electron chi connectivity index (χ3n) is 5.62. The SMILES string of the molecule is CCOC(=O)C1=C(C)N=c2s/c(=C/c3ccc(C)cc3)c(=O)n2C1c1ccc(OC)c(OC)c1. The van der Waals surface area contributed by atoms with Crippen LogP contribution in [0.15, 0.2) is 63.5 Å². The summed E-state index contributed by atoms with van der Waals surface area (Å²) in [6.45, 7) is 5.74. The summed E-state index contributed by atoms with van der Waals surface area (Å²) in [4.78, 5) is 31.8. The van der Waals surface area contributed by atoms with Crippen LogP contribution in [-0.2, 0) is 9.53 Å². The molecule has 0 bridgehead atoms. The number of rotatable bonds is 6. The lowest BCUT2D eigenvalue weighted by atomic mass is 9.95. The monoisotopic (exact) mass is 478 g/mol. The molecular weight excluding hydrogens is 452 g/mol. The van der Waals surface area contributed by atoms with E-state index in [-0.39, 0.29) is 12.2 Å². The third kappa shape index (κ3) is 4.28. The van der Waals surface area contributed by atoms with Crippen LogP contribution in [0.3, 0.4) is 0 Å². The first-order valence-electron chi connectivity index (χ1n) is 10.9. The normalized spacial score (nSPS) is 15.6. The Balaban J connectivity index is 1.96. The number of ether oxygens (including phenoxy) is 3. The number of allylic oxidation sites excluding steroid dienone is 1. The third-order valence-corrected chi connectivity index (χ3v) is 6.60. The number of methoxy groups -OCH3 is 2. The Kier molecular flexibility index (Phi) is 6.70. The van der Waals surface area contributed by atoms with Gasteiger partial charge in [-0.1, -0.05) is 47.2 Å². The highest BCUT2D eigenvalue weighted by Crippen LogP contribution is 2.36. The van der Waals surface area contributed by atoms with Gasteiger partial charge in [-0.2, -0.15) is 0 Å². The quantitative estimate of drug-likeness (QED) is 0.509. The molecule has 2 heterocycles. The van der Waals surface area contributed by atoms with Crippen molar-refractivity contribution >= 4 is 23.4 Å². The number of nitrogens with zero attached hydrogens (tertiary/aromatic N) is 2. The van der Waals surface area contributed by atoms with Crippen molar-refractivity contribution in [2.75, 3.05) is 20.8 Å². The summed E-state index contributed by atoms with van der Waals surface area (Å²) >= 11 is 1.29. The van der Waals surface area contributed by atoms with E-state index in [9.17, 15) is 9.59 Å². The van der Waals surface area contributed by atoms with Crippen molar-refractivity contribution in [2.45, 2.75) is 26.8 Å². The zero-order valence-corrected chi connectivity index (χ0v) is 20.6. The Hall–Kier alpha value is -3.65. The van der Waals surface area contributed by atoms with Crippen molar-refractivity contribution in [3.8, 4) is 11.5 Å². The predicted octanol–water partition coefficient (Wildman–Crippen LogP) is 3.12. The topological polar surface area (TPSA) is 79.1 Å². The van der Waals surface area contributed by atoms with Gasteiger partial charge in [-0.25, -0.2) is 9.79 Å². The molecule has 7 nitrogen and oxygen atoms in total. The van der Waals surface area contributed by atoms with Gasteiger partial charge in [0.05, 0.1) is 42.7 Å². The predicted molar refractivity (Wildman–Crippen MR) is 131 cm³/mol. The Bertz CT molecular complexity index is 1450. The molecule has 0 radical (unpaired) electrons. The molecule has 8 heteroatoms. The number of esters is 1. The van der Waals surface area contributed by atoms with E-state index in [1.165, 1.54) is 11.3 Å². The molecule has 176 valence electrons. The Morgan fingerprint density at radius 1 is 1.09 bits per heavy atom. The molecule has 1 aliphatic heterocycles. The van der Waals surface area contributed by atoms with Gasteiger partial charge >= 0.3 is 5.97 Å². The smallest absolute Gasteiger partial charge is 0.338 e. The summed E-state index contributed by atoms with van der Waals surface area (Å²) in [5, 5.41) is 0. The first-order chi connectivity index (χ1) is 16.4. The lowest BCUT2D eigenvalue weighted by Gasteiger charge is -2.25. The van der Waals surface area contributed by atoms with Crippen LogP contribution >= 0.6 is 11.3 Å². The van der Waals surface area contributed by atoms with Crippen molar-refractivity contribution in [3.63, 3.8) is 0 Å². The molecule has 0 N–H and O–H groups in total. The van der Waals surface area contributed by atoms with Crippen LogP contribution in [0.2, 0.25) is 0 Å². The minimum absolute atomic E-state index is 0.214. The summed E-state index contributed by atoms with van der Waals surface area (Å²) in [5.74, 6) is 0.549. The molecule has 4 rings (SSSR count). The van der Waals surface area contributed by atoms with Gasteiger partial charge in [-0.3, -0.25) is 9.36 Å². The van der Waals surface area contributed by atoms with E-state index in [1.54, 1.807) is 44.8 Å². The van der Waals surface area contributed by atoms with E-state index in [2.05, 4.69) is 4.99 Å². The van der Waals surface area contributed by atoms with Crippen LogP contribution in [0.1, 0.15) is 36.6 Å². The Morgan fingerprint density at radius 3 is 2.44 bits per heavy atom. The molecule has 0 aliphatic carbocycles. The molecule has 34 heavy (non-hydrogen) atoms. The van der Waals surface area contributed by atoms with E-state index >= 15 is 0 Å². The molecule has 2 aromatic carbocycles. The second-order valence-corrected chi connectivity index (χ2v) is 8.84. The van der Waals surface area contributed by atoms with Gasteiger partial charge in [-0.15, -0.1) is 0 Å². The van der Waals surface area contributed by atoms with Gasteiger partial charge in [0.15, 0.2) is 16.3 Å². The van der Waals surface area contributed by atoms with E-state index in [4.69, 9.17) is 14.2 Å². The van der Waals surface area contributed by atoms with Crippen LogP contribution in [0.4, 0.5) is 0 Å². The largest absolute Gasteiger partial charge is 0.493 e. The Morgan fingerprint density at radius 2 is 1.79 bits per heavy atom. The van der Waals surface area contributed by atoms with Crippen LogP contribution in [-0.4, -0.2) is 31.4 Å². The highest BCUT2D eigenvalue weighted by molar-refractivity contribution is 7.07. The fourth-order valence-electron chi connectivity index (χ4n) is 3.94. The molecular formula is C26H26N2O5S. The van der Waals surface area contributed by atoms with Gasteiger partial charge < -0.3 is 14.2 Å². The Labute approximate surface area is 201 Å². The fraction of sp³-hybridized carbons (Fsp3) is 0.269. The number of hydrogen-bond acceptors (Lipinski definition) is 7. The van der Waals surface area contributed by atoms with Crippen LogP contribution in [0.5, 0.6) is 11.5 Å². The fourth-order valence-corrected chi connectivity index (χ4v) is 4.99. The number of fused-ring (bicyclic) bond motifs is 1. The maximum Gasteiger partial charge on any atom is 0.338 e. The zero-order chi connectivity index (χ0) is 24.4. The first kappa shape index (κ1) is 23.5. The number of carbonyl (C=O) groups excluding carboxylic acids is 1.